The molecule has 1 aliphatic heterocycles. The van der Waals surface area contributed by atoms with Gasteiger partial charge in [0.15, 0.2) is 0 Å². The maximum Gasteiger partial charge on any atom is 0.329 e. The molecule has 17 heavy (non-hydrogen) atoms. The first kappa shape index (κ1) is 13.3. The molecule has 7 heteroatoms. The number of hydrogen-bond donors (Lipinski definition) is 1. The lowest BCUT2D eigenvalue weighted by atomic mass is 10.3. The number of hydrogen-bond acceptors (Lipinski definition) is 5. The van der Waals surface area contributed by atoms with E-state index in [1.807, 2.05) is 5.40 Å². The average molecular weight is 253 g/mol. The molecule has 0 aliphatic carbocycles. The lowest BCUT2D eigenvalue weighted by molar-refractivity contribution is -0.127. The highest BCUT2D eigenvalue weighted by atomic mass is 32.2. The van der Waals surface area contributed by atoms with Crippen LogP contribution in [0.2, 0.25) is 0 Å². The predicted octanol–water partition coefficient (Wildman–Crippen LogP) is 0.615. The number of carbonyl (C=O) groups excluding carboxylic acids is 3. The molecule has 1 aliphatic rings. The molecule has 3 amide bonds. The summed E-state index contributed by atoms with van der Waals surface area (Å²) in [6.45, 7) is 1.10. The van der Waals surface area contributed by atoms with Crippen LogP contribution in [-0.2, 0) is 9.59 Å². The Labute approximate surface area is 103 Å². The lowest BCUT2D eigenvalue weighted by Crippen LogP contribution is -2.34. The van der Waals surface area contributed by atoms with Gasteiger partial charge in [0.25, 0.3) is 5.91 Å². The Morgan fingerprint density at radius 1 is 1.59 bits per heavy atom. The third kappa shape index (κ3) is 3.60. The van der Waals surface area contributed by atoms with Crippen LogP contribution in [0.15, 0.2) is 11.8 Å². The van der Waals surface area contributed by atoms with Gasteiger partial charge in [0.05, 0.1) is 6.54 Å². The van der Waals surface area contributed by atoms with E-state index in [1.54, 1.807) is 6.08 Å². The Morgan fingerprint density at radius 3 is 2.88 bits per heavy atom. The van der Waals surface area contributed by atoms with Gasteiger partial charge in [0, 0.05) is 5.75 Å². The fraction of sp³-hybridized carbons (Fsp3) is 0.400. The van der Waals surface area contributed by atoms with Crippen LogP contribution < -0.4 is 5.32 Å². The van der Waals surface area contributed by atoms with E-state index < -0.39 is 11.9 Å². The van der Waals surface area contributed by atoms with Crippen molar-refractivity contribution in [3.05, 3.63) is 11.8 Å². The number of nitriles is 1. The number of nitrogens with zero attached hydrogens (tertiary/aromatic N) is 2. The van der Waals surface area contributed by atoms with Crippen molar-refractivity contribution < 1.29 is 14.4 Å². The zero-order valence-corrected chi connectivity index (χ0v) is 10.0. The van der Waals surface area contributed by atoms with Gasteiger partial charge in [0.1, 0.15) is 16.9 Å². The van der Waals surface area contributed by atoms with Gasteiger partial charge in [0.2, 0.25) is 0 Å². The first-order valence-corrected chi connectivity index (χ1v) is 5.88. The summed E-state index contributed by atoms with van der Waals surface area (Å²) < 4.78 is 0. The summed E-state index contributed by atoms with van der Waals surface area (Å²) >= 11 is 1.07. The minimum atomic E-state index is -0.579. The summed E-state index contributed by atoms with van der Waals surface area (Å²) in [5, 5.41) is 12.6. The molecule has 6 nitrogen and oxygen atoms in total. The van der Waals surface area contributed by atoms with E-state index in [9.17, 15) is 14.4 Å². The molecular formula is C10H11N3O3S. The summed E-state index contributed by atoms with van der Waals surface area (Å²) in [5.41, 5.74) is 0.176. The molecule has 0 atom stereocenters. The van der Waals surface area contributed by atoms with Gasteiger partial charge in [-0.25, -0.2) is 4.79 Å². The van der Waals surface area contributed by atoms with E-state index >= 15 is 0 Å². The minimum Gasteiger partial charge on any atom is -0.303 e. The van der Waals surface area contributed by atoms with E-state index in [1.165, 1.54) is 6.92 Å². The molecule has 1 heterocycles. The topological polar surface area (TPSA) is 90.3 Å². The predicted molar refractivity (Wildman–Crippen MR) is 61.7 cm³/mol. The van der Waals surface area contributed by atoms with E-state index in [4.69, 9.17) is 5.26 Å². The van der Waals surface area contributed by atoms with Crippen molar-refractivity contribution in [1.82, 2.24) is 10.2 Å². The molecule has 1 saturated heterocycles. The quantitative estimate of drug-likeness (QED) is 0.335. The molecule has 0 aromatic rings. The number of thioether (sulfide) groups is 1. The Kier molecular flexibility index (Phi) is 4.72. The van der Waals surface area contributed by atoms with Crippen LogP contribution in [0.3, 0.4) is 0 Å². The Morgan fingerprint density at radius 2 is 2.29 bits per heavy atom. The zero-order valence-electron chi connectivity index (χ0n) is 9.23. The third-order valence-electron chi connectivity index (χ3n) is 1.98. The molecular weight excluding hydrogens is 242 g/mol. The van der Waals surface area contributed by atoms with Crippen LogP contribution in [0.1, 0.15) is 13.3 Å². The number of carbonyl (C=O) groups is 3. The average Bonchev–Trinajstić information content (AvgIpc) is 2.52. The van der Waals surface area contributed by atoms with Crippen molar-refractivity contribution in [1.29, 1.82) is 5.26 Å². The molecule has 0 bridgehead atoms. The number of Topliss-reactive ketones (excluding diaryl/α,β-unsaturated/α-hetero) is 1. The Bertz CT molecular complexity index is 425. The van der Waals surface area contributed by atoms with Gasteiger partial charge in [-0.05, 0) is 25.1 Å². The maximum absolute atomic E-state index is 11.7. The van der Waals surface area contributed by atoms with Crippen LogP contribution in [0.5, 0.6) is 0 Å². The van der Waals surface area contributed by atoms with Crippen LogP contribution in [0, 0.1) is 10.7 Å². The standard InChI is InChI=1S/C10H11N3O3S/c1-7(14)5-13-9(15)8(12-10(13)16)3-2-4-17-6-11/h3H,2,4-5H2,1H3,(H,12,16). The number of urea groups is 1. The normalized spacial score (nSPS) is 17.2. The molecule has 1 N–H and O–H groups in total. The number of nitrogens with one attached hydrogen (secondary N) is 1. The number of thiocyanates is 1. The van der Waals surface area contributed by atoms with Crippen molar-refractivity contribution in [2.24, 2.45) is 0 Å². The van der Waals surface area contributed by atoms with Gasteiger partial charge in [-0.3, -0.25) is 14.5 Å². The second-order valence-corrected chi connectivity index (χ2v) is 4.25. The Hall–Kier alpha value is -1.81. The fourth-order valence-electron chi connectivity index (χ4n) is 1.29. The van der Waals surface area contributed by atoms with Crippen LogP contribution in [-0.4, -0.2) is 34.9 Å². The molecule has 1 rings (SSSR count). The van der Waals surface area contributed by atoms with Crippen molar-refractivity contribution in [2.45, 2.75) is 13.3 Å². The molecule has 0 aromatic carbocycles. The number of imide groups is 1. The molecule has 0 spiro atoms. The summed E-state index contributed by atoms with van der Waals surface area (Å²) in [7, 11) is 0. The Balaban J connectivity index is 2.61. The summed E-state index contributed by atoms with van der Waals surface area (Å²) in [5.74, 6) is -0.197. The lowest BCUT2D eigenvalue weighted by Gasteiger charge is -2.07. The maximum atomic E-state index is 11.7. The smallest absolute Gasteiger partial charge is 0.303 e. The van der Waals surface area contributed by atoms with Gasteiger partial charge in [-0.1, -0.05) is 6.08 Å². The fourth-order valence-corrected chi connectivity index (χ4v) is 1.61. The monoisotopic (exact) mass is 253 g/mol. The largest absolute Gasteiger partial charge is 0.329 e. The molecule has 90 valence electrons. The second kappa shape index (κ2) is 6.06. The van der Waals surface area contributed by atoms with E-state index in [0.29, 0.717) is 12.2 Å². The minimum absolute atomic E-state index is 0.176. The van der Waals surface area contributed by atoms with Crippen LogP contribution in [0.4, 0.5) is 4.79 Å². The highest BCUT2D eigenvalue weighted by Crippen LogP contribution is 2.11. The van der Waals surface area contributed by atoms with Gasteiger partial charge in [-0.2, -0.15) is 5.26 Å². The zero-order chi connectivity index (χ0) is 12.8. The number of ketones is 1. The first-order valence-electron chi connectivity index (χ1n) is 4.89. The van der Waals surface area contributed by atoms with Crippen molar-refractivity contribution in [3.63, 3.8) is 0 Å². The van der Waals surface area contributed by atoms with E-state index in [-0.39, 0.29) is 18.0 Å². The van der Waals surface area contributed by atoms with Crippen molar-refractivity contribution in [2.75, 3.05) is 12.3 Å². The summed E-state index contributed by atoms with van der Waals surface area (Å²) in [6.07, 6.45) is 2.07. The molecule has 1 fully saturated rings. The number of allylic oxidation sites excluding steroid dienone is 1. The van der Waals surface area contributed by atoms with E-state index in [2.05, 4.69) is 5.32 Å². The summed E-state index contributed by atoms with van der Waals surface area (Å²) in [4.78, 5) is 34.8. The van der Waals surface area contributed by atoms with Crippen LogP contribution in [0.25, 0.3) is 0 Å². The van der Waals surface area contributed by atoms with Crippen molar-refractivity contribution in [3.8, 4) is 5.40 Å². The van der Waals surface area contributed by atoms with Crippen molar-refractivity contribution >= 4 is 29.5 Å². The molecule has 0 unspecified atom stereocenters. The molecule has 0 aromatic heterocycles. The van der Waals surface area contributed by atoms with E-state index in [0.717, 1.165) is 16.7 Å². The molecule has 0 saturated carbocycles. The number of amides is 3. The third-order valence-corrected chi connectivity index (χ3v) is 2.54. The first-order chi connectivity index (χ1) is 8.06. The molecule has 0 radical (unpaired) electrons. The number of rotatable bonds is 5. The highest BCUT2D eigenvalue weighted by molar-refractivity contribution is 8.03. The van der Waals surface area contributed by atoms with Gasteiger partial charge in [-0.15, -0.1) is 0 Å². The highest BCUT2D eigenvalue weighted by Gasteiger charge is 2.33. The van der Waals surface area contributed by atoms with Gasteiger partial charge < -0.3 is 5.32 Å². The SMILES string of the molecule is CC(=O)CN1C(=O)NC(=CCCSC#N)C1=O. The van der Waals surface area contributed by atoms with Crippen LogP contribution >= 0.6 is 11.8 Å². The van der Waals surface area contributed by atoms with Gasteiger partial charge >= 0.3 is 6.03 Å². The second-order valence-electron chi connectivity index (χ2n) is 3.37. The summed E-state index contributed by atoms with van der Waals surface area (Å²) in [6, 6.07) is -0.579.